The van der Waals surface area contributed by atoms with E-state index >= 15 is 0 Å². The van der Waals surface area contributed by atoms with Crippen LogP contribution in [0.3, 0.4) is 0 Å². The van der Waals surface area contributed by atoms with Crippen molar-refractivity contribution in [2.45, 2.75) is 20.3 Å². The highest BCUT2D eigenvalue weighted by molar-refractivity contribution is 5.88. The summed E-state index contributed by atoms with van der Waals surface area (Å²) >= 11 is 0. The zero-order valence-electron chi connectivity index (χ0n) is 12.4. The van der Waals surface area contributed by atoms with Crippen LogP contribution in [-0.2, 0) is 6.42 Å². The third-order valence-electron chi connectivity index (χ3n) is 3.53. The first-order chi connectivity index (χ1) is 10.1. The Balaban J connectivity index is 2.09. The lowest BCUT2D eigenvalue weighted by Crippen LogP contribution is -1.97. The molecule has 3 nitrogen and oxygen atoms in total. The summed E-state index contributed by atoms with van der Waals surface area (Å²) in [4.78, 5) is 8.72. The van der Waals surface area contributed by atoms with E-state index in [1.807, 2.05) is 18.3 Å². The van der Waals surface area contributed by atoms with Crippen LogP contribution in [0.5, 0.6) is 0 Å². The molecule has 0 aliphatic heterocycles. The first-order valence-corrected chi connectivity index (χ1v) is 7.23. The lowest BCUT2D eigenvalue weighted by atomic mass is 10.00. The molecule has 3 aromatic rings. The molecule has 0 saturated heterocycles. The van der Waals surface area contributed by atoms with Gasteiger partial charge in [-0.15, -0.1) is 0 Å². The first-order valence-electron chi connectivity index (χ1n) is 7.23. The number of rotatable bonds is 3. The van der Waals surface area contributed by atoms with Crippen molar-refractivity contribution >= 4 is 16.7 Å². The summed E-state index contributed by atoms with van der Waals surface area (Å²) in [5.41, 5.74) is 10.3. The quantitative estimate of drug-likeness (QED) is 0.785. The van der Waals surface area contributed by atoms with Crippen LogP contribution in [0.15, 0.2) is 48.8 Å². The Bertz CT molecular complexity index is 764. The number of nitrogen functional groups attached to an aromatic ring is 1. The van der Waals surface area contributed by atoms with E-state index in [4.69, 9.17) is 5.73 Å². The van der Waals surface area contributed by atoms with Crippen LogP contribution in [-0.4, -0.2) is 9.97 Å². The number of hydrogen-bond acceptors (Lipinski definition) is 3. The summed E-state index contributed by atoms with van der Waals surface area (Å²) in [6.45, 7) is 4.44. The summed E-state index contributed by atoms with van der Waals surface area (Å²) < 4.78 is 0. The Labute approximate surface area is 124 Å². The fourth-order valence-corrected chi connectivity index (χ4v) is 2.58. The van der Waals surface area contributed by atoms with Gasteiger partial charge in [-0.05, 0) is 36.1 Å². The first kappa shape index (κ1) is 13.6. The third kappa shape index (κ3) is 2.87. The second-order valence-electron chi connectivity index (χ2n) is 5.79. The molecule has 0 fully saturated rings. The normalized spacial score (nSPS) is 11.2. The monoisotopic (exact) mass is 277 g/mol. The fraction of sp³-hybridized carbons (Fsp3) is 0.222. The van der Waals surface area contributed by atoms with Gasteiger partial charge in [-0.2, -0.15) is 0 Å². The van der Waals surface area contributed by atoms with E-state index in [0.29, 0.717) is 11.7 Å². The van der Waals surface area contributed by atoms with Gasteiger partial charge >= 0.3 is 0 Å². The SMILES string of the molecule is CC(C)Cc1ccc2cc(-c3cccnc3)c(N)nc2c1. The van der Waals surface area contributed by atoms with E-state index in [9.17, 15) is 0 Å². The number of benzene rings is 1. The van der Waals surface area contributed by atoms with Gasteiger partial charge in [0.2, 0.25) is 0 Å². The van der Waals surface area contributed by atoms with Crippen molar-refractivity contribution in [3.8, 4) is 11.1 Å². The van der Waals surface area contributed by atoms with Crippen LogP contribution in [0.1, 0.15) is 19.4 Å². The number of nitrogens with two attached hydrogens (primary N) is 1. The molecule has 2 N–H and O–H groups in total. The average molecular weight is 277 g/mol. The smallest absolute Gasteiger partial charge is 0.132 e. The molecule has 21 heavy (non-hydrogen) atoms. The molecule has 2 heterocycles. The van der Waals surface area contributed by atoms with Crippen molar-refractivity contribution in [1.82, 2.24) is 9.97 Å². The molecule has 0 spiro atoms. The van der Waals surface area contributed by atoms with E-state index in [1.165, 1.54) is 5.56 Å². The largest absolute Gasteiger partial charge is 0.383 e. The Hall–Kier alpha value is -2.42. The molecule has 0 aliphatic rings. The molecule has 3 rings (SSSR count). The van der Waals surface area contributed by atoms with Gasteiger partial charge in [0.25, 0.3) is 0 Å². The van der Waals surface area contributed by atoms with Gasteiger partial charge < -0.3 is 5.73 Å². The number of pyridine rings is 2. The van der Waals surface area contributed by atoms with Gasteiger partial charge in [-0.1, -0.05) is 32.0 Å². The molecule has 1 aromatic carbocycles. The lowest BCUT2D eigenvalue weighted by Gasteiger charge is -2.09. The van der Waals surface area contributed by atoms with E-state index in [-0.39, 0.29) is 0 Å². The maximum Gasteiger partial charge on any atom is 0.132 e. The molecule has 3 heteroatoms. The van der Waals surface area contributed by atoms with Gasteiger partial charge in [-0.3, -0.25) is 4.98 Å². The summed E-state index contributed by atoms with van der Waals surface area (Å²) in [5.74, 6) is 1.19. The van der Waals surface area contributed by atoms with Gasteiger partial charge in [0.15, 0.2) is 0 Å². The van der Waals surface area contributed by atoms with Gasteiger partial charge in [-0.25, -0.2) is 4.98 Å². The predicted octanol–water partition coefficient (Wildman–Crippen LogP) is 4.08. The van der Waals surface area contributed by atoms with Crippen molar-refractivity contribution in [3.63, 3.8) is 0 Å². The van der Waals surface area contributed by atoms with E-state index < -0.39 is 0 Å². The molecular formula is C18H19N3. The zero-order chi connectivity index (χ0) is 14.8. The fourth-order valence-electron chi connectivity index (χ4n) is 2.58. The second-order valence-corrected chi connectivity index (χ2v) is 5.79. The van der Waals surface area contributed by atoms with Crippen molar-refractivity contribution in [3.05, 3.63) is 54.4 Å². The minimum Gasteiger partial charge on any atom is -0.383 e. The number of hydrogen-bond donors (Lipinski definition) is 1. The number of nitrogens with zero attached hydrogens (tertiary/aromatic N) is 2. The van der Waals surface area contributed by atoms with Gasteiger partial charge in [0, 0.05) is 28.9 Å². The Morgan fingerprint density at radius 2 is 2.00 bits per heavy atom. The average Bonchev–Trinajstić information content (AvgIpc) is 2.46. The van der Waals surface area contributed by atoms with Crippen LogP contribution in [0, 0.1) is 5.92 Å². The summed E-state index contributed by atoms with van der Waals surface area (Å²) in [7, 11) is 0. The predicted molar refractivity (Wildman–Crippen MR) is 87.9 cm³/mol. The molecular weight excluding hydrogens is 258 g/mol. The topological polar surface area (TPSA) is 51.8 Å². The minimum atomic E-state index is 0.553. The maximum atomic E-state index is 6.13. The highest BCUT2D eigenvalue weighted by atomic mass is 14.8. The van der Waals surface area contributed by atoms with Gasteiger partial charge in [0.05, 0.1) is 5.52 Å². The van der Waals surface area contributed by atoms with Crippen LogP contribution in [0.25, 0.3) is 22.0 Å². The Morgan fingerprint density at radius 3 is 2.71 bits per heavy atom. The zero-order valence-corrected chi connectivity index (χ0v) is 12.4. The molecule has 0 aliphatic carbocycles. The number of aromatic nitrogens is 2. The standard InChI is InChI=1S/C18H19N3/c1-12(2)8-13-5-6-14-10-16(15-4-3-7-20-11-15)18(19)21-17(14)9-13/h3-7,9-12H,8H2,1-2H3,(H2,19,21). The van der Waals surface area contributed by atoms with Crippen LogP contribution < -0.4 is 5.73 Å². The molecule has 0 unspecified atom stereocenters. The highest BCUT2D eigenvalue weighted by Gasteiger charge is 2.08. The van der Waals surface area contributed by atoms with E-state index in [1.54, 1.807) is 6.20 Å². The number of anilines is 1. The summed E-state index contributed by atoms with van der Waals surface area (Å²) in [6.07, 6.45) is 4.63. The molecule has 2 aromatic heterocycles. The van der Waals surface area contributed by atoms with Crippen molar-refractivity contribution < 1.29 is 0 Å². The second kappa shape index (κ2) is 5.52. The summed E-state index contributed by atoms with van der Waals surface area (Å²) in [5, 5.41) is 1.11. The minimum absolute atomic E-state index is 0.553. The molecule has 0 amide bonds. The Morgan fingerprint density at radius 1 is 1.14 bits per heavy atom. The number of fused-ring (bicyclic) bond motifs is 1. The maximum absolute atomic E-state index is 6.13. The lowest BCUT2D eigenvalue weighted by molar-refractivity contribution is 0.648. The van der Waals surface area contributed by atoms with E-state index in [2.05, 4.69) is 48.1 Å². The molecule has 106 valence electrons. The van der Waals surface area contributed by atoms with Crippen LogP contribution in [0.2, 0.25) is 0 Å². The van der Waals surface area contributed by atoms with E-state index in [0.717, 1.165) is 28.5 Å². The Kier molecular flexibility index (Phi) is 3.57. The van der Waals surface area contributed by atoms with Crippen LogP contribution in [0.4, 0.5) is 5.82 Å². The van der Waals surface area contributed by atoms with Crippen LogP contribution >= 0.6 is 0 Å². The molecule has 0 radical (unpaired) electrons. The van der Waals surface area contributed by atoms with Crippen molar-refractivity contribution in [2.75, 3.05) is 5.73 Å². The molecule has 0 atom stereocenters. The molecule has 0 saturated carbocycles. The summed E-state index contributed by atoms with van der Waals surface area (Å²) in [6, 6.07) is 12.4. The third-order valence-corrected chi connectivity index (χ3v) is 3.53. The highest BCUT2D eigenvalue weighted by Crippen LogP contribution is 2.28. The van der Waals surface area contributed by atoms with Crippen molar-refractivity contribution in [2.24, 2.45) is 5.92 Å². The van der Waals surface area contributed by atoms with Gasteiger partial charge in [0.1, 0.15) is 5.82 Å². The van der Waals surface area contributed by atoms with Crippen molar-refractivity contribution in [1.29, 1.82) is 0 Å². The molecule has 0 bridgehead atoms.